The van der Waals surface area contributed by atoms with Crippen LogP contribution in [0.1, 0.15) is 46.2 Å². The highest BCUT2D eigenvalue weighted by atomic mass is 16.6. The SMILES string of the molecule is CCOC(=O)C(C)(C)n1cc([N+](=O)[O-])c(C(C)C)n1. The predicted molar refractivity (Wildman–Crippen MR) is 68.9 cm³/mol. The molecule has 0 amide bonds. The van der Waals surface area contributed by atoms with Crippen LogP contribution in [0.4, 0.5) is 5.69 Å². The number of carbonyl (C=O) groups is 1. The van der Waals surface area contributed by atoms with Crippen LogP contribution >= 0.6 is 0 Å². The van der Waals surface area contributed by atoms with Gasteiger partial charge >= 0.3 is 11.7 Å². The molecule has 0 fully saturated rings. The van der Waals surface area contributed by atoms with Gasteiger partial charge in [-0.25, -0.2) is 9.48 Å². The quantitative estimate of drug-likeness (QED) is 0.464. The van der Waals surface area contributed by atoms with E-state index in [1.54, 1.807) is 20.8 Å². The van der Waals surface area contributed by atoms with Gasteiger partial charge in [-0.1, -0.05) is 13.8 Å². The average Bonchev–Trinajstić information content (AvgIpc) is 2.74. The molecule has 1 aromatic rings. The average molecular weight is 269 g/mol. The molecule has 7 heteroatoms. The number of esters is 1. The van der Waals surface area contributed by atoms with E-state index in [0.717, 1.165) is 0 Å². The summed E-state index contributed by atoms with van der Waals surface area (Å²) in [5.41, 5.74) is -0.789. The molecule has 0 aromatic carbocycles. The molecule has 0 spiro atoms. The number of hydrogen-bond donors (Lipinski definition) is 0. The molecule has 1 rings (SSSR count). The molecule has 0 saturated carbocycles. The maximum atomic E-state index is 11.9. The van der Waals surface area contributed by atoms with Gasteiger partial charge in [0.05, 0.1) is 11.5 Å². The third-order valence-corrected chi connectivity index (χ3v) is 2.81. The van der Waals surface area contributed by atoms with Gasteiger partial charge in [-0.05, 0) is 20.8 Å². The van der Waals surface area contributed by atoms with E-state index in [4.69, 9.17) is 4.74 Å². The fourth-order valence-corrected chi connectivity index (χ4v) is 1.62. The lowest BCUT2D eigenvalue weighted by atomic mass is 10.1. The summed E-state index contributed by atoms with van der Waals surface area (Å²) in [6.45, 7) is 8.83. The molecule has 0 aliphatic heterocycles. The van der Waals surface area contributed by atoms with Crippen molar-refractivity contribution in [3.05, 3.63) is 22.0 Å². The van der Waals surface area contributed by atoms with Gasteiger partial charge in [0, 0.05) is 5.92 Å². The second-order valence-corrected chi connectivity index (χ2v) is 5.04. The summed E-state index contributed by atoms with van der Waals surface area (Å²) in [6, 6.07) is 0. The Bertz CT molecular complexity index is 491. The van der Waals surface area contributed by atoms with Crippen molar-refractivity contribution < 1.29 is 14.5 Å². The van der Waals surface area contributed by atoms with Crippen molar-refractivity contribution in [2.75, 3.05) is 6.61 Å². The van der Waals surface area contributed by atoms with E-state index < -0.39 is 16.4 Å². The van der Waals surface area contributed by atoms with Crippen LogP contribution < -0.4 is 0 Å². The van der Waals surface area contributed by atoms with Crippen molar-refractivity contribution in [1.29, 1.82) is 0 Å². The van der Waals surface area contributed by atoms with Gasteiger partial charge in [0.25, 0.3) is 0 Å². The van der Waals surface area contributed by atoms with Crippen LogP contribution in [0.25, 0.3) is 0 Å². The maximum absolute atomic E-state index is 11.9. The first kappa shape index (κ1) is 15.1. The van der Waals surface area contributed by atoms with Crippen molar-refractivity contribution >= 4 is 11.7 Å². The fourth-order valence-electron chi connectivity index (χ4n) is 1.62. The van der Waals surface area contributed by atoms with Crippen molar-refractivity contribution in [3.63, 3.8) is 0 Å². The highest BCUT2D eigenvalue weighted by Gasteiger charge is 2.35. The summed E-state index contributed by atoms with van der Waals surface area (Å²) in [7, 11) is 0. The van der Waals surface area contributed by atoms with E-state index >= 15 is 0 Å². The van der Waals surface area contributed by atoms with E-state index in [9.17, 15) is 14.9 Å². The Hall–Kier alpha value is -1.92. The normalized spacial score (nSPS) is 11.7. The van der Waals surface area contributed by atoms with Crippen LogP contribution in [0, 0.1) is 10.1 Å². The number of hydrogen-bond acceptors (Lipinski definition) is 5. The number of nitrogens with zero attached hydrogens (tertiary/aromatic N) is 3. The maximum Gasteiger partial charge on any atom is 0.333 e. The fraction of sp³-hybridized carbons (Fsp3) is 0.667. The van der Waals surface area contributed by atoms with Crippen LogP contribution in [0.2, 0.25) is 0 Å². The molecule has 0 N–H and O–H groups in total. The highest BCUT2D eigenvalue weighted by molar-refractivity contribution is 5.77. The summed E-state index contributed by atoms with van der Waals surface area (Å²) in [5.74, 6) is -0.567. The first-order valence-corrected chi connectivity index (χ1v) is 6.13. The van der Waals surface area contributed by atoms with E-state index in [2.05, 4.69) is 5.10 Å². The van der Waals surface area contributed by atoms with Gasteiger partial charge in [0.15, 0.2) is 5.54 Å². The molecule has 1 aromatic heterocycles. The van der Waals surface area contributed by atoms with Crippen molar-refractivity contribution in [3.8, 4) is 0 Å². The van der Waals surface area contributed by atoms with Crippen LogP contribution in [-0.4, -0.2) is 27.3 Å². The third-order valence-electron chi connectivity index (χ3n) is 2.81. The van der Waals surface area contributed by atoms with Crippen LogP contribution in [0.15, 0.2) is 6.20 Å². The smallest absolute Gasteiger partial charge is 0.333 e. The standard InChI is InChI=1S/C12H19N3O4/c1-6-19-11(16)12(4,5)14-7-9(15(17)18)10(13-14)8(2)3/h7-8H,6H2,1-5H3. The molecule has 0 radical (unpaired) electrons. The van der Waals surface area contributed by atoms with Gasteiger partial charge < -0.3 is 4.74 Å². The Labute approximate surface area is 111 Å². The van der Waals surface area contributed by atoms with Crippen molar-refractivity contribution in [1.82, 2.24) is 9.78 Å². The molecule has 0 bridgehead atoms. The zero-order valence-electron chi connectivity index (χ0n) is 11.8. The molecule has 0 atom stereocenters. The summed E-state index contributed by atoms with van der Waals surface area (Å²) >= 11 is 0. The Morgan fingerprint density at radius 3 is 2.53 bits per heavy atom. The topological polar surface area (TPSA) is 87.3 Å². The Kier molecular flexibility index (Phi) is 4.28. The van der Waals surface area contributed by atoms with E-state index in [-0.39, 0.29) is 18.2 Å². The Morgan fingerprint density at radius 2 is 2.16 bits per heavy atom. The van der Waals surface area contributed by atoms with Gasteiger partial charge in [-0.2, -0.15) is 5.10 Å². The van der Waals surface area contributed by atoms with E-state index in [1.807, 2.05) is 13.8 Å². The lowest BCUT2D eigenvalue weighted by Gasteiger charge is -2.22. The Morgan fingerprint density at radius 1 is 1.58 bits per heavy atom. The third kappa shape index (κ3) is 2.91. The summed E-state index contributed by atoms with van der Waals surface area (Å²) < 4.78 is 6.27. The molecular weight excluding hydrogens is 250 g/mol. The molecule has 0 saturated heterocycles. The monoisotopic (exact) mass is 269 g/mol. The number of carbonyl (C=O) groups excluding carboxylic acids is 1. The predicted octanol–water partition coefficient (Wildman–Crippen LogP) is 2.21. The summed E-state index contributed by atoms with van der Waals surface area (Å²) in [6.07, 6.45) is 1.28. The number of ether oxygens (including phenoxy) is 1. The molecule has 0 aliphatic carbocycles. The zero-order chi connectivity index (χ0) is 14.8. The Balaban J connectivity index is 3.25. The highest BCUT2D eigenvalue weighted by Crippen LogP contribution is 2.28. The molecular formula is C12H19N3O4. The largest absolute Gasteiger partial charge is 0.464 e. The van der Waals surface area contributed by atoms with Gasteiger partial charge in [-0.15, -0.1) is 0 Å². The number of nitro groups is 1. The minimum absolute atomic E-state index is 0.0765. The molecule has 7 nitrogen and oxygen atoms in total. The second-order valence-electron chi connectivity index (χ2n) is 5.04. The van der Waals surface area contributed by atoms with Gasteiger partial charge in [0.2, 0.25) is 0 Å². The number of aromatic nitrogens is 2. The van der Waals surface area contributed by atoms with E-state index in [1.165, 1.54) is 10.9 Å². The summed E-state index contributed by atoms with van der Waals surface area (Å²) in [4.78, 5) is 22.4. The van der Waals surface area contributed by atoms with Crippen LogP contribution in [0.5, 0.6) is 0 Å². The van der Waals surface area contributed by atoms with Gasteiger partial charge in [-0.3, -0.25) is 10.1 Å². The second kappa shape index (κ2) is 5.38. The van der Waals surface area contributed by atoms with Crippen LogP contribution in [0.3, 0.4) is 0 Å². The van der Waals surface area contributed by atoms with Gasteiger partial charge in [0.1, 0.15) is 11.9 Å². The molecule has 0 aliphatic rings. The van der Waals surface area contributed by atoms with Crippen LogP contribution in [-0.2, 0) is 15.1 Å². The van der Waals surface area contributed by atoms with Crippen molar-refractivity contribution in [2.24, 2.45) is 0 Å². The minimum Gasteiger partial charge on any atom is -0.464 e. The minimum atomic E-state index is -1.08. The van der Waals surface area contributed by atoms with E-state index in [0.29, 0.717) is 5.69 Å². The summed E-state index contributed by atoms with van der Waals surface area (Å²) in [5, 5.41) is 15.2. The lowest BCUT2D eigenvalue weighted by Crippen LogP contribution is -2.38. The first-order chi connectivity index (χ1) is 8.71. The molecule has 0 unspecified atom stereocenters. The first-order valence-electron chi connectivity index (χ1n) is 6.13. The molecule has 106 valence electrons. The lowest BCUT2D eigenvalue weighted by molar-refractivity contribution is -0.385. The molecule has 19 heavy (non-hydrogen) atoms. The number of rotatable bonds is 5. The molecule has 1 heterocycles. The van der Waals surface area contributed by atoms with Crippen molar-refractivity contribution in [2.45, 2.75) is 46.1 Å². The zero-order valence-corrected chi connectivity index (χ0v) is 11.8.